The molecule has 0 aromatic heterocycles. The van der Waals surface area contributed by atoms with Crippen molar-refractivity contribution >= 4 is 23.2 Å². The average Bonchev–Trinajstić information content (AvgIpc) is 2.63. The molecule has 132 valence electrons. The van der Waals surface area contributed by atoms with Crippen LogP contribution in [0.4, 0.5) is 11.4 Å². The van der Waals surface area contributed by atoms with Crippen LogP contribution in [0.25, 0.3) is 0 Å². The lowest BCUT2D eigenvalue weighted by Gasteiger charge is -2.11. The topological polar surface area (TPSA) is 67.4 Å². The second-order valence-corrected chi connectivity index (χ2v) is 5.94. The molecule has 2 aromatic carbocycles. The Bertz CT molecular complexity index is 709. The van der Waals surface area contributed by atoms with Crippen molar-refractivity contribution in [3.05, 3.63) is 54.1 Å². The Hall–Kier alpha value is -2.82. The molecule has 1 unspecified atom stereocenters. The molecule has 2 aromatic rings. The Morgan fingerprint density at radius 3 is 2.08 bits per heavy atom. The molecule has 1 atom stereocenters. The molecule has 0 spiro atoms. The SMILES string of the molecule is CCCC(C)C(=O)Nc1ccc(C(=O)Nc2ccc(OC)cc2)cc1. The van der Waals surface area contributed by atoms with Gasteiger partial charge in [-0.3, -0.25) is 9.59 Å². The number of anilines is 2. The number of carbonyl (C=O) groups excluding carboxylic acids is 2. The molecule has 0 aliphatic heterocycles. The fraction of sp³-hybridized carbons (Fsp3) is 0.300. The van der Waals surface area contributed by atoms with E-state index in [2.05, 4.69) is 17.6 Å². The lowest BCUT2D eigenvalue weighted by atomic mass is 10.1. The zero-order valence-electron chi connectivity index (χ0n) is 14.8. The number of amides is 2. The maximum Gasteiger partial charge on any atom is 0.255 e. The summed E-state index contributed by atoms with van der Waals surface area (Å²) in [6, 6.07) is 14.0. The maximum absolute atomic E-state index is 12.3. The van der Waals surface area contributed by atoms with Crippen molar-refractivity contribution in [3.8, 4) is 5.75 Å². The molecular weight excluding hydrogens is 316 g/mol. The fourth-order valence-electron chi connectivity index (χ4n) is 2.41. The van der Waals surface area contributed by atoms with E-state index in [1.165, 1.54) is 0 Å². The molecule has 5 heteroatoms. The molecule has 0 fully saturated rings. The molecule has 0 aliphatic carbocycles. The number of rotatable bonds is 7. The highest BCUT2D eigenvalue weighted by molar-refractivity contribution is 6.04. The number of hydrogen-bond acceptors (Lipinski definition) is 3. The molecular formula is C20H24N2O3. The van der Waals surface area contributed by atoms with Crippen LogP contribution in [0.2, 0.25) is 0 Å². The molecule has 0 bridgehead atoms. The first-order valence-electron chi connectivity index (χ1n) is 8.39. The van der Waals surface area contributed by atoms with Gasteiger partial charge >= 0.3 is 0 Å². The van der Waals surface area contributed by atoms with Gasteiger partial charge in [0.2, 0.25) is 5.91 Å². The molecule has 2 rings (SSSR count). The quantitative estimate of drug-likeness (QED) is 0.788. The zero-order valence-corrected chi connectivity index (χ0v) is 14.8. The van der Waals surface area contributed by atoms with Crippen LogP contribution in [0.15, 0.2) is 48.5 Å². The molecule has 2 amide bonds. The molecule has 0 radical (unpaired) electrons. The summed E-state index contributed by atoms with van der Waals surface area (Å²) in [6.07, 6.45) is 1.83. The first-order chi connectivity index (χ1) is 12.0. The Labute approximate surface area is 148 Å². The largest absolute Gasteiger partial charge is 0.497 e. The van der Waals surface area contributed by atoms with Crippen molar-refractivity contribution < 1.29 is 14.3 Å². The molecule has 25 heavy (non-hydrogen) atoms. The first kappa shape index (κ1) is 18.5. The van der Waals surface area contributed by atoms with Crippen LogP contribution in [0.3, 0.4) is 0 Å². The van der Waals surface area contributed by atoms with Gasteiger partial charge in [-0.05, 0) is 55.0 Å². The van der Waals surface area contributed by atoms with Gasteiger partial charge in [0.25, 0.3) is 5.91 Å². The van der Waals surface area contributed by atoms with Crippen LogP contribution in [0, 0.1) is 5.92 Å². The third-order valence-corrected chi connectivity index (χ3v) is 3.93. The van der Waals surface area contributed by atoms with Gasteiger partial charge in [0.05, 0.1) is 7.11 Å². The lowest BCUT2D eigenvalue weighted by molar-refractivity contribution is -0.119. The van der Waals surface area contributed by atoms with Gasteiger partial charge in [0, 0.05) is 22.9 Å². The number of carbonyl (C=O) groups is 2. The summed E-state index contributed by atoms with van der Waals surface area (Å²) in [5.74, 6) is 0.498. The second-order valence-electron chi connectivity index (χ2n) is 5.94. The first-order valence-corrected chi connectivity index (χ1v) is 8.39. The summed E-state index contributed by atoms with van der Waals surface area (Å²) in [7, 11) is 1.59. The van der Waals surface area contributed by atoms with E-state index in [0.717, 1.165) is 18.6 Å². The Morgan fingerprint density at radius 2 is 1.52 bits per heavy atom. The van der Waals surface area contributed by atoms with Crippen molar-refractivity contribution in [2.45, 2.75) is 26.7 Å². The Morgan fingerprint density at radius 1 is 0.960 bits per heavy atom. The van der Waals surface area contributed by atoms with Gasteiger partial charge in [-0.2, -0.15) is 0 Å². The van der Waals surface area contributed by atoms with E-state index in [-0.39, 0.29) is 17.7 Å². The minimum absolute atomic E-state index is 0.00251. The van der Waals surface area contributed by atoms with Crippen molar-refractivity contribution in [2.24, 2.45) is 5.92 Å². The molecule has 0 aliphatic rings. The maximum atomic E-state index is 12.3. The molecule has 2 N–H and O–H groups in total. The smallest absolute Gasteiger partial charge is 0.255 e. The summed E-state index contributed by atoms with van der Waals surface area (Å²) >= 11 is 0. The highest BCUT2D eigenvalue weighted by Crippen LogP contribution is 2.17. The van der Waals surface area contributed by atoms with Crippen LogP contribution in [0.1, 0.15) is 37.0 Å². The van der Waals surface area contributed by atoms with E-state index in [1.807, 2.05) is 6.92 Å². The van der Waals surface area contributed by atoms with E-state index in [9.17, 15) is 9.59 Å². The summed E-state index contributed by atoms with van der Waals surface area (Å²) in [4.78, 5) is 24.3. The summed E-state index contributed by atoms with van der Waals surface area (Å²) in [5, 5.41) is 5.69. The van der Waals surface area contributed by atoms with E-state index in [0.29, 0.717) is 16.9 Å². The molecule has 0 saturated carbocycles. The van der Waals surface area contributed by atoms with Gasteiger partial charge in [-0.1, -0.05) is 20.3 Å². The van der Waals surface area contributed by atoms with Crippen molar-refractivity contribution in [1.29, 1.82) is 0 Å². The van der Waals surface area contributed by atoms with Crippen molar-refractivity contribution in [2.75, 3.05) is 17.7 Å². The summed E-state index contributed by atoms with van der Waals surface area (Å²) in [5.41, 5.74) is 1.90. The van der Waals surface area contributed by atoms with E-state index >= 15 is 0 Å². The van der Waals surface area contributed by atoms with Gasteiger partial charge in [-0.15, -0.1) is 0 Å². The van der Waals surface area contributed by atoms with Crippen molar-refractivity contribution in [3.63, 3.8) is 0 Å². The van der Waals surface area contributed by atoms with E-state index < -0.39 is 0 Å². The summed E-state index contributed by atoms with van der Waals surface area (Å²) < 4.78 is 5.09. The molecule has 0 heterocycles. The van der Waals surface area contributed by atoms with Crippen LogP contribution >= 0.6 is 0 Å². The molecule has 5 nitrogen and oxygen atoms in total. The van der Waals surface area contributed by atoms with Crippen LogP contribution in [-0.2, 0) is 4.79 Å². The lowest BCUT2D eigenvalue weighted by Crippen LogP contribution is -2.20. The van der Waals surface area contributed by atoms with Gasteiger partial charge in [-0.25, -0.2) is 0 Å². The molecule has 0 saturated heterocycles. The minimum atomic E-state index is -0.206. The van der Waals surface area contributed by atoms with Gasteiger partial charge < -0.3 is 15.4 Å². The highest BCUT2D eigenvalue weighted by atomic mass is 16.5. The Balaban J connectivity index is 1.96. The van der Waals surface area contributed by atoms with Gasteiger partial charge in [0.15, 0.2) is 0 Å². The van der Waals surface area contributed by atoms with Crippen molar-refractivity contribution in [1.82, 2.24) is 0 Å². The van der Waals surface area contributed by atoms with Gasteiger partial charge in [0.1, 0.15) is 5.75 Å². The Kier molecular flexibility index (Phi) is 6.57. The number of benzene rings is 2. The number of hydrogen-bond donors (Lipinski definition) is 2. The van der Waals surface area contributed by atoms with Crippen LogP contribution in [0.5, 0.6) is 5.75 Å². The zero-order chi connectivity index (χ0) is 18.2. The fourth-order valence-corrected chi connectivity index (χ4v) is 2.41. The third kappa shape index (κ3) is 5.35. The monoisotopic (exact) mass is 340 g/mol. The highest BCUT2D eigenvalue weighted by Gasteiger charge is 2.12. The normalized spacial score (nSPS) is 11.5. The van der Waals surface area contributed by atoms with Crippen LogP contribution in [-0.4, -0.2) is 18.9 Å². The minimum Gasteiger partial charge on any atom is -0.497 e. The van der Waals surface area contributed by atoms with E-state index in [4.69, 9.17) is 4.74 Å². The standard InChI is InChI=1S/C20H24N2O3/c1-4-5-14(2)19(23)21-16-8-6-15(7-9-16)20(24)22-17-10-12-18(25-3)13-11-17/h6-14H,4-5H2,1-3H3,(H,21,23)(H,22,24). The van der Waals surface area contributed by atoms with Crippen LogP contribution < -0.4 is 15.4 Å². The third-order valence-electron chi connectivity index (χ3n) is 3.93. The predicted octanol–water partition coefficient (Wildman–Crippen LogP) is 4.32. The average molecular weight is 340 g/mol. The number of nitrogens with one attached hydrogen (secondary N) is 2. The number of methoxy groups -OCH3 is 1. The predicted molar refractivity (Wildman–Crippen MR) is 100 cm³/mol. The summed E-state index contributed by atoms with van der Waals surface area (Å²) in [6.45, 7) is 3.97. The van der Waals surface area contributed by atoms with E-state index in [1.54, 1.807) is 55.6 Å². The second kappa shape index (κ2) is 8.87. The number of ether oxygens (including phenoxy) is 1.